The lowest BCUT2D eigenvalue weighted by Gasteiger charge is -2.22. The Morgan fingerprint density at radius 2 is 1.87 bits per heavy atom. The van der Waals surface area contributed by atoms with Crippen LogP contribution < -0.4 is 0 Å². The van der Waals surface area contributed by atoms with Gasteiger partial charge in [0.15, 0.2) is 0 Å². The van der Waals surface area contributed by atoms with Crippen molar-refractivity contribution in [3.05, 3.63) is 23.3 Å². The molecule has 0 amide bonds. The minimum Gasteiger partial charge on any atom is -0.392 e. The van der Waals surface area contributed by atoms with E-state index >= 15 is 0 Å². The van der Waals surface area contributed by atoms with Gasteiger partial charge in [-0.25, -0.2) is 0 Å². The predicted octanol–water partition coefficient (Wildman–Crippen LogP) is 0.584. The third-order valence-electron chi connectivity index (χ3n) is 2.61. The fourth-order valence-electron chi connectivity index (χ4n) is 1.97. The molecule has 3 heteroatoms. The van der Waals surface area contributed by atoms with Crippen LogP contribution in [0.15, 0.2) is 23.3 Å². The Kier molecular flexibility index (Phi) is 4.51. The normalized spacial score (nSPS) is 21.1. The van der Waals surface area contributed by atoms with Crippen LogP contribution in [-0.2, 0) is 0 Å². The maximum Gasteiger partial charge on any atom is 0.0682 e. The first-order valence-electron chi connectivity index (χ1n) is 5.35. The largest absolute Gasteiger partial charge is 0.392 e. The highest BCUT2D eigenvalue weighted by molar-refractivity contribution is 5.38. The summed E-state index contributed by atoms with van der Waals surface area (Å²) in [6.07, 6.45) is 4.26. The molecular weight excluding hydrogens is 188 g/mol. The maximum absolute atomic E-state index is 9.26. The molecule has 0 radical (unpaired) electrons. The zero-order chi connectivity index (χ0) is 11.4. The third kappa shape index (κ3) is 3.45. The summed E-state index contributed by atoms with van der Waals surface area (Å²) >= 11 is 0. The molecular formula is C12H22N2O. The van der Waals surface area contributed by atoms with Gasteiger partial charge in [0.25, 0.3) is 0 Å². The second-order valence-corrected chi connectivity index (χ2v) is 4.67. The second kappa shape index (κ2) is 5.45. The number of aliphatic hydroxyl groups is 1. The van der Waals surface area contributed by atoms with Crippen molar-refractivity contribution in [2.24, 2.45) is 5.92 Å². The van der Waals surface area contributed by atoms with E-state index in [1.54, 1.807) is 0 Å². The molecule has 86 valence electrons. The molecule has 0 spiro atoms. The molecule has 0 fully saturated rings. The SMILES string of the molecule is CN(C)CC1=C(CO)C=CC1CN(C)C. The average molecular weight is 210 g/mol. The topological polar surface area (TPSA) is 26.7 Å². The zero-order valence-corrected chi connectivity index (χ0v) is 10.2. The van der Waals surface area contributed by atoms with Crippen LogP contribution in [-0.4, -0.2) is 62.8 Å². The van der Waals surface area contributed by atoms with Crippen molar-refractivity contribution < 1.29 is 5.11 Å². The molecule has 0 aromatic rings. The average Bonchev–Trinajstić information content (AvgIpc) is 2.47. The minimum absolute atomic E-state index is 0.156. The summed E-state index contributed by atoms with van der Waals surface area (Å²) in [7, 11) is 8.29. The van der Waals surface area contributed by atoms with E-state index in [9.17, 15) is 5.11 Å². The summed E-state index contributed by atoms with van der Waals surface area (Å²) in [5, 5.41) is 9.26. The van der Waals surface area contributed by atoms with E-state index in [2.05, 4.69) is 50.1 Å². The molecule has 0 heterocycles. The van der Waals surface area contributed by atoms with Crippen LogP contribution in [0.5, 0.6) is 0 Å². The summed E-state index contributed by atoms with van der Waals surface area (Å²) in [6, 6.07) is 0. The molecule has 0 bridgehead atoms. The van der Waals surface area contributed by atoms with E-state index in [1.165, 1.54) is 5.57 Å². The number of hydrogen-bond acceptors (Lipinski definition) is 3. The van der Waals surface area contributed by atoms with Crippen LogP contribution in [0, 0.1) is 5.92 Å². The van der Waals surface area contributed by atoms with Crippen molar-refractivity contribution in [2.75, 3.05) is 47.9 Å². The Morgan fingerprint density at radius 3 is 2.33 bits per heavy atom. The van der Waals surface area contributed by atoms with Gasteiger partial charge in [0.05, 0.1) is 6.61 Å². The quantitative estimate of drug-likeness (QED) is 0.719. The van der Waals surface area contributed by atoms with Crippen molar-refractivity contribution in [1.29, 1.82) is 0 Å². The van der Waals surface area contributed by atoms with Crippen molar-refractivity contribution in [3.8, 4) is 0 Å². The maximum atomic E-state index is 9.26. The molecule has 3 nitrogen and oxygen atoms in total. The molecule has 0 aromatic carbocycles. The molecule has 1 aliphatic rings. The van der Waals surface area contributed by atoms with Gasteiger partial charge in [0, 0.05) is 19.0 Å². The molecule has 0 saturated heterocycles. The van der Waals surface area contributed by atoms with Gasteiger partial charge in [0.2, 0.25) is 0 Å². The zero-order valence-electron chi connectivity index (χ0n) is 10.2. The predicted molar refractivity (Wildman–Crippen MR) is 63.8 cm³/mol. The van der Waals surface area contributed by atoms with Gasteiger partial charge < -0.3 is 14.9 Å². The Balaban J connectivity index is 2.73. The number of likely N-dealkylation sites (N-methyl/N-ethyl adjacent to an activating group) is 1. The molecule has 1 N–H and O–H groups in total. The highest BCUT2D eigenvalue weighted by Gasteiger charge is 2.20. The van der Waals surface area contributed by atoms with Crippen LogP contribution in [0.1, 0.15) is 0 Å². The molecule has 15 heavy (non-hydrogen) atoms. The van der Waals surface area contributed by atoms with E-state index in [4.69, 9.17) is 0 Å². The summed E-state index contributed by atoms with van der Waals surface area (Å²) in [5.74, 6) is 0.463. The highest BCUT2D eigenvalue weighted by atomic mass is 16.3. The monoisotopic (exact) mass is 210 g/mol. The lowest BCUT2D eigenvalue weighted by Crippen LogP contribution is -2.26. The van der Waals surface area contributed by atoms with Gasteiger partial charge in [-0.2, -0.15) is 0 Å². The van der Waals surface area contributed by atoms with Gasteiger partial charge in [-0.05, 0) is 39.3 Å². The molecule has 1 rings (SSSR count). The van der Waals surface area contributed by atoms with E-state index in [0.717, 1.165) is 18.7 Å². The lowest BCUT2D eigenvalue weighted by molar-refractivity contribution is 0.327. The van der Waals surface area contributed by atoms with Crippen molar-refractivity contribution in [3.63, 3.8) is 0 Å². The highest BCUT2D eigenvalue weighted by Crippen LogP contribution is 2.26. The molecule has 1 aliphatic carbocycles. The lowest BCUT2D eigenvalue weighted by atomic mass is 9.99. The van der Waals surface area contributed by atoms with E-state index in [0.29, 0.717) is 5.92 Å². The first-order chi connectivity index (χ1) is 7.04. The Morgan fingerprint density at radius 1 is 1.20 bits per heavy atom. The Bertz CT molecular complexity index is 267. The number of hydrogen-bond donors (Lipinski definition) is 1. The van der Waals surface area contributed by atoms with Crippen molar-refractivity contribution in [1.82, 2.24) is 9.80 Å². The van der Waals surface area contributed by atoms with E-state index in [1.807, 2.05) is 0 Å². The number of rotatable bonds is 5. The second-order valence-electron chi connectivity index (χ2n) is 4.67. The Labute approximate surface area is 92.7 Å². The van der Waals surface area contributed by atoms with E-state index in [-0.39, 0.29) is 6.61 Å². The first kappa shape index (κ1) is 12.4. The van der Waals surface area contributed by atoms with Gasteiger partial charge >= 0.3 is 0 Å². The van der Waals surface area contributed by atoms with Gasteiger partial charge in [0.1, 0.15) is 0 Å². The fourth-order valence-corrected chi connectivity index (χ4v) is 1.97. The van der Waals surface area contributed by atoms with Crippen LogP contribution in [0.4, 0.5) is 0 Å². The molecule has 0 aromatic heterocycles. The standard InChI is InChI=1S/C12H22N2O/c1-13(2)7-10-5-6-11(9-15)12(10)8-14(3)4/h5-6,10,15H,7-9H2,1-4H3. The molecule has 1 atom stereocenters. The molecule has 0 saturated carbocycles. The van der Waals surface area contributed by atoms with Gasteiger partial charge in [-0.3, -0.25) is 0 Å². The van der Waals surface area contributed by atoms with Crippen LogP contribution in [0.25, 0.3) is 0 Å². The summed E-state index contributed by atoms with van der Waals surface area (Å²) in [4.78, 5) is 4.34. The smallest absolute Gasteiger partial charge is 0.0682 e. The summed E-state index contributed by atoms with van der Waals surface area (Å²) in [6.45, 7) is 2.11. The number of aliphatic hydroxyl groups excluding tert-OH is 1. The van der Waals surface area contributed by atoms with Crippen LogP contribution in [0.2, 0.25) is 0 Å². The van der Waals surface area contributed by atoms with Gasteiger partial charge in [-0.1, -0.05) is 12.2 Å². The molecule has 0 aliphatic heterocycles. The third-order valence-corrected chi connectivity index (χ3v) is 2.61. The number of nitrogens with zero attached hydrogens (tertiary/aromatic N) is 2. The van der Waals surface area contributed by atoms with Crippen molar-refractivity contribution >= 4 is 0 Å². The molecule has 1 unspecified atom stereocenters. The first-order valence-corrected chi connectivity index (χ1v) is 5.35. The van der Waals surface area contributed by atoms with Crippen LogP contribution in [0.3, 0.4) is 0 Å². The Hall–Kier alpha value is -0.640. The van der Waals surface area contributed by atoms with Gasteiger partial charge in [-0.15, -0.1) is 0 Å². The fraction of sp³-hybridized carbons (Fsp3) is 0.667. The van der Waals surface area contributed by atoms with E-state index < -0.39 is 0 Å². The summed E-state index contributed by atoms with van der Waals surface area (Å²) in [5.41, 5.74) is 2.45. The van der Waals surface area contributed by atoms with Crippen LogP contribution >= 0.6 is 0 Å². The van der Waals surface area contributed by atoms with Crippen molar-refractivity contribution in [2.45, 2.75) is 0 Å². The minimum atomic E-state index is 0.156. The summed E-state index contributed by atoms with van der Waals surface area (Å²) < 4.78 is 0.